The number of hydrogen-bond donors (Lipinski definition) is 0. The van der Waals surface area contributed by atoms with Gasteiger partial charge < -0.3 is 9.64 Å². The summed E-state index contributed by atoms with van der Waals surface area (Å²) in [7, 11) is 1.27. The van der Waals surface area contributed by atoms with E-state index in [4.69, 9.17) is 0 Å². The van der Waals surface area contributed by atoms with Crippen LogP contribution in [-0.4, -0.2) is 36.1 Å². The van der Waals surface area contributed by atoms with Gasteiger partial charge in [0.2, 0.25) is 0 Å². The van der Waals surface area contributed by atoms with Gasteiger partial charge in [0.15, 0.2) is 0 Å². The maximum absolute atomic E-state index is 11.2. The molecule has 0 aliphatic heterocycles. The molecule has 7 heteroatoms. The van der Waals surface area contributed by atoms with Crippen molar-refractivity contribution in [3.8, 4) is 0 Å². The summed E-state index contributed by atoms with van der Waals surface area (Å²) in [6.07, 6.45) is 2.61. The number of carbonyl (C=O) groups excluding carboxylic acids is 1. The highest BCUT2D eigenvalue weighted by atomic mass is 16.6. The maximum atomic E-state index is 11.2. The van der Waals surface area contributed by atoms with Gasteiger partial charge in [0.05, 0.1) is 12.0 Å². The Kier molecular flexibility index (Phi) is 4.38. The Morgan fingerprint density at radius 1 is 1.65 bits per heavy atom. The molecule has 0 saturated carbocycles. The summed E-state index contributed by atoms with van der Waals surface area (Å²) in [6.45, 7) is 2.23. The molecule has 0 N–H and O–H groups in total. The van der Waals surface area contributed by atoms with Crippen LogP contribution in [-0.2, 0) is 9.53 Å². The summed E-state index contributed by atoms with van der Waals surface area (Å²) in [6, 6.07) is 1.50. The van der Waals surface area contributed by atoms with E-state index in [0.717, 1.165) is 6.20 Å². The third kappa shape index (κ3) is 3.13. The van der Waals surface area contributed by atoms with E-state index in [1.54, 1.807) is 11.8 Å². The lowest BCUT2D eigenvalue weighted by Crippen LogP contribution is -2.30. The van der Waals surface area contributed by atoms with Crippen molar-refractivity contribution in [3.05, 3.63) is 28.6 Å². The molecule has 17 heavy (non-hydrogen) atoms. The number of esters is 1. The minimum atomic E-state index is -0.526. The van der Waals surface area contributed by atoms with Gasteiger partial charge in [0.25, 0.3) is 0 Å². The number of carbonyl (C=O) groups is 1. The molecule has 0 fully saturated rings. The largest absolute Gasteiger partial charge is 0.468 e. The van der Waals surface area contributed by atoms with Crippen molar-refractivity contribution in [2.45, 2.75) is 6.92 Å². The predicted octanol–water partition coefficient (Wildman–Crippen LogP) is 0.989. The normalized spacial score (nSPS) is 9.76. The second kappa shape index (κ2) is 5.78. The van der Waals surface area contributed by atoms with E-state index in [9.17, 15) is 14.9 Å². The Balaban J connectivity index is 3.03. The molecule has 0 atom stereocenters. The summed E-state index contributed by atoms with van der Waals surface area (Å²) in [5, 5.41) is 10.8. The Morgan fingerprint density at radius 2 is 2.35 bits per heavy atom. The van der Waals surface area contributed by atoms with Gasteiger partial charge in [-0.15, -0.1) is 0 Å². The van der Waals surface area contributed by atoms with Crippen molar-refractivity contribution in [3.63, 3.8) is 0 Å². The second-order valence-electron chi connectivity index (χ2n) is 3.21. The van der Waals surface area contributed by atoms with Crippen molar-refractivity contribution in [1.82, 2.24) is 4.98 Å². The highest BCUT2D eigenvalue weighted by Crippen LogP contribution is 2.26. The number of aromatic nitrogens is 1. The number of rotatable bonds is 5. The van der Waals surface area contributed by atoms with E-state index in [0.29, 0.717) is 12.2 Å². The summed E-state index contributed by atoms with van der Waals surface area (Å²) in [5.74, 6) is -0.446. The van der Waals surface area contributed by atoms with Crippen LogP contribution in [0.4, 0.5) is 11.4 Å². The lowest BCUT2D eigenvalue weighted by Gasteiger charge is -2.20. The van der Waals surface area contributed by atoms with Crippen LogP contribution >= 0.6 is 0 Å². The Labute approximate surface area is 98.2 Å². The summed E-state index contributed by atoms with van der Waals surface area (Å²) in [4.78, 5) is 26.7. The number of likely N-dealkylation sites (N-methyl/N-ethyl adjacent to an activating group) is 1. The zero-order chi connectivity index (χ0) is 12.8. The third-order valence-electron chi connectivity index (χ3n) is 2.24. The summed E-state index contributed by atoms with van der Waals surface area (Å²) < 4.78 is 4.54. The zero-order valence-corrected chi connectivity index (χ0v) is 9.62. The number of methoxy groups -OCH3 is 1. The van der Waals surface area contributed by atoms with Gasteiger partial charge >= 0.3 is 11.7 Å². The van der Waals surface area contributed by atoms with Crippen molar-refractivity contribution >= 4 is 17.3 Å². The van der Waals surface area contributed by atoms with Crippen LogP contribution in [0.15, 0.2) is 18.5 Å². The lowest BCUT2D eigenvalue weighted by atomic mass is 10.3. The quantitative estimate of drug-likeness (QED) is 0.432. The third-order valence-corrected chi connectivity index (χ3v) is 2.24. The van der Waals surface area contributed by atoms with Crippen molar-refractivity contribution in [1.29, 1.82) is 0 Å². The lowest BCUT2D eigenvalue weighted by molar-refractivity contribution is -0.384. The van der Waals surface area contributed by atoms with Crippen LogP contribution in [0.3, 0.4) is 0 Å². The van der Waals surface area contributed by atoms with E-state index in [1.165, 1.54) is 19.4 Å². The second-order valence-corrected chi connectivity index (χ2v) is 3.21. The van der Waals surface area contributed by atoms with Crippen LogP contribution in [0.2, 0.25) is 0 Å². The van der Waals surface area contributed by atoms with Gasteiger partial charge in [-0.1, -0.05) is 0 Å². The molecule has 0 spiro atoms. The Morgan fingerprint density at radius 3 is 2.88 bits per heavy atom. The van der Waals surface area contributed by atoms with Crippen molar-refractivity contribution in [2.75, 3.05) is 25.1 Å². The first-order valence-corrected chi connectivity index (χ1v) is 5.00. The van der Waals surface area contributed by atoms with Gasteiger partial charge in [-0.25, -0.2) is 0 Å². The SMILES string of the molecule is CCN(CC(=O)OC)c1ccncc1[N+](=O)[O-]. The maximum Gasteiger partial charge on any atom is 0.325 e. The van der Waals surface area contributed by atoms with Crippen LogP contribution in [0.25, 0.3) is 0 Å². The minimum absolute atomic E-state index is 0.0299. The van der Waals surface area contributed by atoms with Gasteiger partial charge in [-0.05, 0) is 13.0 Å². The molecule has 0 saturated heterocycles. The minimum Gasteiger partial charge on any atom is -0.468 e. The van der Waals surface area contributed by atoms with Gasteiger partial charge in [-0.2, -0.15) is 0 Å². The zero-order valence-electron chi connectivity index (χ0n) is 9.62. The first kappa shape index (κ1) is 12.9. The molecule has 7 nitrogen and oxygen atoms in total. The van der Waals surface area contributed by atoms with E-state index in [1.807, 2.05) is 0 Å². The average molecular weight is 239 g/mol. The molecule has 0 aromatic carbocycles. The molecule has 1 aromatic rings. The van der Waals surface area contributed by atoms with Crippen LogP contribution in [0.1, 0.15) is 6.92 Å². The van der Waals surface area contributed by atoms with E-state index in [2.05, 4.69) is 9.72 Å². The molecule has 1 aromatic heterocycles. The fraction of sp³-hybridized carbons (Fsp3) is 0.400. The molecule has 0 amide bonds. The Bertz CT molecular complexity index is 422. The number of nitrogens with zero attached hydrogens (tertiary/aromatic N) is 3. The van der Waals surface area contributed by atoms with Crippen LogP contribution < -0.4 is 4.90 Å². The molecule has 0 aliphatic rings. The number of nitro groups is 1. The van der Waals surface area contributed by atoms with Crippen molar-refractivity contribution in [2.24, 2.45) is 0 Å². The van der Waals surface area contributed by atoms with E-state index < -0.39 is 10.9 Å². The number of ether oxygens (including phenoxy) is 1. The monoisotopic (exact) mass is 239 g/mol. The highest BCUT2D eigenvalue weighted by Gasteiger charge is 2.20. The first-order chi connectivity index (χ1) is 8.10. The number of pyridine rings is 1. The van der Waals surface area contributed by atoms with Crippen LogP contribution in [0.5, 0.6) is 0 Å². The van der Waals surface area contributed by atoms with Gasteiger partial charge in [0, 0.05) is 12.7 Å². The molecule has 1 rings (SSSR count). The number of hydrogen-bond acceptors (Lipinski definition) is 6. The fourth-order valence-electron chi connectivity index (χ4n) is 1.37. The first-order valence-electron chi connectivity index (χ1n) is 5.00. The summed E-state index contributed by atoms with van der Waals surface area (Å²) >= 11 is 0. The molecular weight excluding hydrogens is 226 g/mol. The standard InChI is InChI=1S/C10H13N3O4/c1-3-12(7-10(14)17-2)8-4-5-11-6-9(8)13(15)16/h4-6H,3,7H2,1-2H3. The molecule has 0 unspecified atom stereocenters. The Hall–Kier alpha value is -2.18. The highest BCUT2D eigenvalue weighted by molar-refractivity contribution is 5.77. The number of anilines is 1. The molecule has 92 valence electrons. The molecule has 0 bridgehead atoms. The van der Waals surface area contributed by atoms with Gasteiger partial charge in [0.1, 0.15) is 18.4 Å². The van der Waals surface area contributed by atoms with Crippen molar-refractivity contribution < 1.29 is 14.5 Å². The molecule has 0 aliphatic carbocycles. The van der Waals surface area contributed by atoms with E-state index in [-0.39, 0.29) is 12.2 Å². The molecule has 1 heterocycles. The van der Waals surface area contributed by atoms with Crippen LogP contribution in [0, 0.1) is 10.1 Å². The average Bonchev–Trinajstić information content (AvgIpc) is 2.35. The predicted molar refractivity (Wildman–Crippen MR) is 60.8 cm³/mol. The molecule has 0 radical (unpaired) electrons. The smallest absolute Gasteiger partial charge is 0.325 e. The topological polar surface area (TPSA) is 85.6 Å². The van der Waals surface area contributed by atoms with E-state index >= 15 is 0 Å². The molecular formula is C10H13N3O4. The van der Waals surface area contributed by atoms with Gasteiger partial charge in [-0.3, -0.25) is 19.9 Å². The summed E-state index contributed by atoms with van der Waals surface area (Å²) in [5.41, 5.74) is 0.233. The fourth-order valence-corrected chi connectivity index (χ4v) is 1.37.